The first-order chi connectivity index (χ1) is 8.19. The first-order valence-corrected chi connectivity index (χ1v) is 5.22. The van der Waals surface area contributed by atoms with Crippen LogP contribution in [0.3, 0.4) is 0 Å². The molecule has 0 saturated carbocycles. The van der Waals surface area contributed by atoms with Crippen molar-refractivity contribution in [1.29, 1.82) is 5.26 Å². The molecule has 1 aromatic carbocycles. The number of benzene rings is 1. The molecule has 0 aliphatic heterocycles. The molecule has 0 unspecified atom stereocenters. The minimum atomic E-state index is -0.546. The Morgan fingerprint density at radius 2 is 2.35 bits per heavy atom. The smallest absolute Gasteiger partial charge is 0.289 e. The first-order valence-electron chi connectivity index (χ1n) is 5.22. The molecular weight excluding hydrogens is 218 g/mol. The lowest BCUT2D eigenvalue weighted by Gasteiger charge is -2.04. The van der Waals surface area contributed by atoms with E-state index in [1.54, 1.807) is 12.1 Å². The van der Waals surface area contributed by atoms with Crippen LogP contribution in [0.15, 0.2) is 30.4 Å². The van der Waals surface area contributed by atoms with Crippen LogP contribution in [0.1, 0.15) is 18.9 Å². The molecule has 1 N–H and O–H groups in total. The molecule has 5 heteroatoms. The maximum atomic E-state index is 10.7. The van der Waals surface area contributed by atoms with Gasteiger partial charge < -0.3 is 5.32 Å². The van der Waals surface area contributed by atoms with Gasteiger partial charge in [-0.15, -0.1) is 0 Å². The Morgan fingerprint density at radius 3 is 2.94 bits per heavy atom. The van der Waals surface area contributed by atoms with Crippen LogP contribution in [0.5, 0.6) is 0 Å². The first kappa shape index (κ1) is 12.7. The number of nitriles is 1. The summed E-state index contributed by atoms with van der Waals surface area (Å²) in [6.07, 6.45) is 4.80. The van der Waals surface area contributed by atoms with E-state index in [1.165, 1.54) is 12.1 Å². The molecule has 0 fully saturated rings. The van der Waals surface area contributed by atoms with E-state index in [0.29, 0.717) is 12.2 Å². The Bertz CT molecular complexity index is 475. The Kier molecular flexibility index (Phi) is 4.70. The van der Waals surface area contributed by atoms with Crippen LogP contribution in [0.25, 0.3) is 0 Å². The molecule has 0 saturated heterocycles. The van der Waals surface area contributed by atoms with Gasteiger partial charge in [-0.3, -0.25) is 10.1 Å². The van der Waals surface area contributed by atoms with Crippen molar-refractivity contribution >= 4 is 11.4 Å². The highest BCUT2D eigenvalue weighted by Crippen LogP contribution is 2.22. The standard InChI is InChI=1S/C12H13N3O2/c1-2-3-4-7-14-11-6-5-10(9-13)12(8-11)15(16)17/h2-3,5-6,8,14H,4,7H2,1H3/b3-2+. The summed E-state index contributed by atoms with van der Waals surface area (Å²) in [7, 11) is 0. The molecule has 0 atom stereocenters. The molecular formula is C12H13N3O2. The molecule has 0 radical (unpaired) electrons. The highest BCUT2D eigenvalue weighted by atomic mass is 16.6. The normalized spacial score (nSPS) is 10.1. The van der Waals surface area contributed by atoms with E-state index < -0.39 is 4.92 Å². The van der Waals surface area contributed by atoms with Gasteiger partial charge in [0.15, 0.2) is 0 Å². The van der Waals surface area contributed by atoms with Gasteiger partial charge in [-0.1, -0.05) is 12.2 Å². The molecule has 1 rings (SSSR count). The zero-order chi connectivity index (χ0) is 12.7. The number of nitrogens with zero attached hydrogens (tertiary/aromatic N) is 2. The fourth-order valence-corrected chi connectivity index (χ4v) is 1.35. The van der Waals surface area contributed by atoms with Gasteiger partial charge in [0.05, 0.1) is 4.92 Å². The second-order valence-corrected chi connectivity index (χ2v) is 3.39. The molecule has 0 bridgehead atoms. The third kappa shape index (κ3) is 3.61. The zero-order valence-corrected chi connectivity index (χ0v) is 9.51. The number of nitrogens with one attached hydrogen (secondary N) is 1. The molecule has 0 aliphatic rings. The van der Waals surface area contributed by atoms with Crippen LogP contribution in [-0.4, -0.2) is 11.5 Å². The largest absolute Gasteiger partial charge is 0.385 e. The third-order valence-electron chi connectivity index (χ3n) is 2.19. The number of rotatable bonds is 5. The van der Waals surface area contributed by atoms with Crippen molar-refractivity contribution < 1.29 is 4.92 Å². The van der Waals surface area contributed by atoms with Crippen molar-refractivity contribution in [3.05, 3.63) is 46.0 Å². The van der Waals surface area contributed by atoms with E-state index in [1.807, 2.05) is 19.1 Å². The molecule has 0 aliphatic carbocycles. The van der Waals surface area contributed by atoms with Crippen molar-refractivity contribution in [2.24, 2.45) is 0 Å². The molecule has 0 amide bonds. The monoisotopic (exact) mass is 231 g/mol. The van der Waals surface area contributed by atoms with Gasteiger partial charge >= 0.3 is 0 Å². The molecule has 1 aromatic rings. The minimum Gasteiger partial charge on any atom is -0.385 e. The summed E-state index contributed by atoms with van der Waals surface area (Å²) in [5, 5.41) is 22.5. The van der Waals surface area contributed by atoms with E-state index in [4.69, 9.17) is 5.26 Å². The second-order valence-electron chi connectivity index (χ2n) is 3.39. The Balaban J connectivity index is 2.79. The summed E-state index contributed by atoms with van der Waals surface area (Å²) in [6, 6.07) is 6.31. The Hall–Kier alpha value is -2.35. The number of anilines is 1. The summed E-state index contributed by atoms with van der Waals surface area (Å²) in [6.45, 7) is 2.64. The van der Waals surface area contributed by atoms with Crippen LogP contribution < -0.4 is 5.32 Å². The van der Waals surface area contributed by atoms with Gasteiger partial charge in [-0.2, -0.15) is 5.26 Å². The van der Waals surface area contributed by atoms with Crippen molar-refractivity contribution in [3.63, 3.8) is 0 Å². The predicted octanol–water partition coefficient (Wildman–Crippen LogP) is 2.84. The number of hydrogen-bond acceptors (Lipinski definition) is 4. The van der Waals surface area contributed by atoms with Crippen molar-refractivity contribution in [2.75, 3.05) is 11.9 Å². The highest BCUT2D eigenvalue weighted by molar-refractivity contribution is 5.59. The lowest BCUT2D eigenvalue weighted by molar-refractivity contribution is -0.385. The molecule has 88 valence electrons. The van der Waals surface area contributed by atoms with Crippen molar-refractivity contribution in [3.8, 4) is 6.07 Å². The number of nitro groups is 1. The quantitative estimate of drug-likeness (QED) is 0.365. The lowest BCUT2D eigenvalue weighted by Crippen LogP contribution is -2.01. The molecule has 0 spiro atoms. The lowest BCUT2D eigenvalue weighted by atomic mass is 10.2. The topological polar surface area (TPSA) is 79.0 Å². The predicted molar refractivity (Wildman–Crippen MR) is 65.7 cm³/mol. The number of hydrogen-bond donors (Lipinski definition) is 1. The molecule has 5 nitrogen and oxygen atoms in total. The van der Waals surface area contributed by atoms with Crippen LogP contribution in [0.2, 0.25) is 0 Å². The fourth-order valence-electron chi connectivity index (χ4n) is 1.35. The molecule has 0 aromatic heterocycles. The summed E-state index contributed by atoms with van der Waals surface area (Å²) >= 11 is 0. The maximum absolute atomic E-state index is 10.7. The fraction of sp³-hybridized carbons (Fsp3) is 0.250. The van der Waals surface area contributed by atoms with Crippen LogP contribution >= 0.6 is 0 Å². The van der Waals surface area contributed by atoms with Crippen molar-refractivity contribution in [2.45, 2.75) is 13.3 Å². The summed E-state index contributed by atoms with van der Waals surface area (Å²) in [5.41, 5.74) is 0.567. The van der Waals surface area contributed by atoms with E-state index in [2.05, 4.69) is 5.32 Å². The zero-order valence-electron chi connectivity index (χ0n) is 9.51. The van der Waals surface area contributed by atoms with Gasteiger partial charge in [0.2, 0.25) is 0 Å². The summed E-state index contributed by atoms with van der Waals surface area (Å²) < 4.78 is 0. The molecule has 17 heavy (non-hydrogen) atoms. The van der Waals surface area contributed by atoms with Gasteiger partial charge in [-0.05, 0) is 25.5 Å². The summed E-state index contributed by atoms with van der Waals surface area (Å²) in [5.74, 6) is 0. The van der Waals surface area contributed by atoms with Gasteiger partial charge in [-0.25, -0.2) is 0 Å². The number of nitro benzene ring substituents is 1. The average Bonchev–Trinajstić information content (AvgIpc) is 2.34. The Labute approximate surface area is 99.5 Å². The summed E-state index contributed by atoms with van der Waals surface area (Å²) in [4.78, 5) is 10.2. The van der Waals surface area contributed by atoms with E-state index in [9.17, 15) is 10.1 Å². The van der Waals surface area contributed by atoms with Gasteiger partial charge in [0.1, 0.15) is 11.6 Å². The van der Waals surface area contributed by atoms with E-state index in [0.717, 1.165) is 6.42 Å². The second kappa shape index (κ2) is 6.28. The molecule has 0 heterocycles. The van der Waals surface area contributed by atoms with Crippen LogP contribution in [0, 0.1) is 21.4 Å². The SMILES string of the molecule is C/C=C/CCNc1ccc(C#N)c([N+](=O)[O-])c1. The van der Waals surface area contributed by atoms with E-state index >= 15 is 0 Å². The highest BCUT2D eigenvalue weighted by Gasteiger charge is 2.13. The Morgan fingerprint density at radius 1 is 1.59 bits per heavy atom. The van der Waals surface area contributed by atoms with Crippen LogP contribution in [0.4, 0.5) is 11.4 Å². The average molecular weight is 231 g/mol. The maximum Gasteiger partial charge on any atom is 0.289 e. The third-order valence-corrected chi connectivity index (χ3v) is 2.19. The van der Waals surface area contributed by atoms with Crippen LogP contribution in [-0.2, 0) is 0 Å². The van der Waals surface area contributed by atoms with Crippen molar-refractivity contribution in [1.82, 2.24) is 0 Å². The van der Waals surface area contributed by atoms with E-state index in [-0.39, 0.29) is 11.3 Å². The van der Waals surface area contributed by atoms with Gasteiger partial charge in [0.25, 0.3) is 5.69 Å². The van der Waals surface area contributed by atoms with Gasteiger partial charge in [0, 0.05) is 18.3 Å². The minimum absolute atomic E-state index is 0.0778. The number of allylic oxidation sites excluding steroid dienone is 1.